The fourth-order valence-electron chi connectivity index (χ4n) is 1.65. The lowest BCUT2D eigenvalue weighted by molar-refractivity contribution is -0.133. The van der Waals surface area contributed by atoms with E-state index in [1.807, 2.05) is 0 Å². The molecule has 1 N–H and O–H groups in total. The van der Waals surface area contributed by atoms with E-state index in [1.54, 1.807) is 22.8 Å². The van der Waals surface area contributed by atoms with Crippen molar-refractivity contribution in [3.63, 3.8) is 0 Å². The van der Waals surface area contributed by atoms with E-state index in [2.05, 4.69) is 4.98 Å². The molecule has 0 amide bonds. The summed E-state index contributed by atoms with van der Waals surface area (Å²) in [6.07, 6.45) is 1.51. The van der Waals surface area contributed by atoms with E-state index in [0.29, 0.717) is 16.5 Å². The molecule has 0 atom stereocenters. The Bertz CT molecular complexity index is 732. The Labute approximate surface area is 129 Å². The van der Waals surface area contributed by atoms with Crippen LogP contribution in [-0.4, -0.2) is 33.5 Å². The van der Waals surface area contributed by atoms with E-state index in [4.69, 9.17) is 21.4 Å². The highest BCUT2D eigenvalue weighted by molar-refractivity contribution is 7.99. The number of thioether (sulfide) groups is 1. The summed E-state index contributed by atoms with van der Waals surface area (Å²) >= 11 is 6.93. The number of carboxylic acid groups (broad SMARTS) is 1. The number of ether oxygens (including phenoxy) is 1. The highest BCUT2D eigenvalue weighted by atomic mass is 35.5. The zero-order valence-corrected chi connectivity index (χ0v) is 12.5. The van der Waals surface area contributed by atoms with Gasteiger partial charge in [0.1, 0.15) is 5.75 Å². The average molecular weight is 327 g/mol. The van der Waals surface area contributed by atoms with Gasteiger partial charge in [0, 0.05) is 17.3 Å². The van der Waals surface area contributed by atoms with E-state index < -0.39 is 11.5 Å². The monoisotopic (exact) mass is 326 g/mol. The van der Waals surface area contributed by atoms with Crippen LogP contribution in [-0.2, 0) is 4.79 Å². The van der Waals surface area contributed by atoms with Crippen LogP contribution in [0.1, 0.15) is 0 Å². The zero-order valence-electron chi connectivity index (χ0n) is 10.9. The van der Waals surface area contributed by atoms with Gasteiger partial charge in [-0.1, -0.05) is 23.4 Å². The van der Waals surface area contributed by atoms with E-state index >= 15 is 0 Å². The molecule has 2 aromatic rings. The molecule has 0 bridgehead atoms. The second-order valence-electron chi connectivity index (χ2n) is 3.92. The van der Waals surface area contributed by atoms with E-state index in [1.165, 1.54) is 19.4 Å². The molecule has 0 saturated heterocycles. The Morgan fingerprint density at radius 3 is 2.90 bits per heavy atom. The molecular weight excluding hydrogens is 316 g/mol. The van der Waals surface area contributed by atoms with Crippen molar-refractivity contribution in [2.75, 3.05) is 12.9 Å². The van der Waals surface area contributed by atoms with Crippen LogP contribution in [0.15, 0.2) is 40.4 Å². The molecule has 6 nitrogen and oxygen atoms in total. The largest absolute Gasteiger partial charge is 0.495 e. The van der Waals surface area contributed by atoms with Gasteiger partial charge in [-0.15, -0.1) is 0 Å². The SMILES string of the molecule is COc1ccc(Cl)cc1-n1ccc(=O)nc1SCC(=O)O. The third kappa shape index (κ3) is 3.77. The molecule has 0 unspecified atom stereocenters. The average Bonchev–Trinajstić information content (AvgIpc) is 2.45. The summed E-state index contributed by atoms with van der Waals surface area (Å²) in [6, 6.07) is 6.29. The van der Waals surface area contributed by atoms with Crippen LogP contribution in [0.4, 0.5) is 0 Å². The third-order valence-electron chi connectivity index (χ3n) is 2.50. The van der Waals surface area contributed by atoms with Crippen molar-refractivity contribution < 1.29 is 14.6 Å². The molecule has 21 heavy (non-hydrogen) atoms. The molecular formula is C13H11ClN2O4S. The number of carbonyl (C=O) groups is 1. The minimum absolute atomic E-state index is 0.209. The smallest absolute Gasteiger partial charge is 0.313 e. The number of carboxylic acids is 1. The van der Waals surface area contributed by atoms with Crippen LogP contribution in [0.2, 0.25) is 5.02 Å². The Balaban J connectivity index is 2.55. The highest BCUT2D eigenvalue weighted by Gasteiger charge is 2.12. The van der Waals surface area contributed by atoms with Crippen molar-refractivity contribution in [2.45, 2.75) is 5.16 Å². The molecule has 8 heteroatoms. The normalized spacial score (nSPS) is 10.4. The maximum Gasteiger partial charge on any atom is 0.313 e. The maximum atomic E-state index is 11.4. The fourth-order valence-corrected chi connectivity index (χ4v) is 2.52. The molecule has 0 aliphatic heterocycles. The Morgan fingerprint density at radius 2 is 2.24 bits per heavy atom. The Hall–Kier alpha value is -1.99. The van der Waals surface area contributed by atoms with Gasteiger partial charge >= 0.3 is 5.97 Å². The van der Waals surface area contributed by atoms with Crippen molar-refractivity contribution in [2.24, 2.45) is 0 Å². The fraction of sp³-hybridized carbons (Fsp3) is 0.154. The number of halogens is 1. The minimum Gasteiger partial charge on any atom is -0.495 e. The lowest BCUT2D eigenvalue weighted by Gasteiger charge is -2.14. The number of hydrogen-bond acceptors (Lipinski definition) is 5. The van der Waals surface area contributed by atoms with Crippen LogP contribution in [0.25, 0.3) is 5.69 Å². The standard InChI is InChI=1S/C13H11ClN2O4S/c1-20-10-3-2-8(14)6-9(10)16-5-4-11(17)15-13(16)21-7-12(18)19/h2-6H,7H2,1H3,(H,18,19). The highest BCUT2D eigenvalue weighted by Crippen LogP contribution is 2.29. The van der Waals surface area contributed by atoms with E-state index in [-0.39, 0.29) is 10.9 Å². The van der Waals surface area contributed by atoms with Gasteiger partial charge in [-0.2, -0.15) is 4.98 Å². The van der Waals surface area contributed by atoms with Crippen molar-refractivity contribution in [1.29, 1.82) is 0 Å². The third-order valence-corrected chi connectivity index (χ3v) is 3.68. The molecule has 0 saturated carbocycles. The number of methoxy groups -OCH3 is 1. The number of aliphatic carboxylic acids is 1. The van der Waals surface area contributed by atoms with Gasteiger partial charge in [-0.05, 0) is 18.2 Å². The van der Waals surface area contributed by atoms with Crippen LogP contribution in [0, 0.1) is 0 Å². The second kappa shape index (κ2) is 6.64. The topological polar surface area (TPSA) is 81.4 Å². The van der Waals surface area contributed by atoms with Gasteiger partial charge in [0.05, 0.1) is 18.6 Å². The van der Waals surface area contributed by atoms with Crippen molar-refractivity contribution in [3.8, 4) is 11.4 Å². The predicted molar refractivity (Wildman–Crippen MR) is 79.8 cm³/mol. The summed E-state index contributed by atoms with van der Waals surface area (Å²) in [4.78, 5) is 25.9. The lowest BCUT2D eigenvalue weighted by Crippen LogP contribution is -2.13. The zero-order chi connectivity index (χ0) is 15.4. The lowest BCUT2D eigenvalue weighted by atomic mass is 10.3. The van der Waals surface area contributed by atoms with Crippen LogP contribution >= 0.6 is 23.4 Å². The molecule has 0 aliphatic rings. The summed E-state index contributed by atoms with van der Waals surface area (Å²) in [7, 11) is 1.51. The first-order valence-corrected chi connectivity index (χ1v) is 7.16. The van der Waals surface area contributed by atoms with Crippen molar-refractivity contribution >= 4 is 29.3 Å². The molecule has 1 heterocycles. The number of hydrogen-bond donors (Lipinski definition) is 1. The molecule has 0 spiro atoms. The summed E-state index contributed by atoms with van der Waals surface area (Å²) in [5.41, 5.74) is 0.130. The Morgan fingerprint density at radius 1 is 1.48 bits per heavy atom. The van der Waals surface area contributed by atoms with Crippen LogP contribution in [0.3, 0.4) is 0 Å². The number of rotatable bonds is 5. The molecule has 1 aromatic carbocycles. The first kappa shape index (κ1) is 15.4. The van der Waals surface area contributed by atoms with Gasteiger partial charge in [0.15, 0.2) is 5.16 Å². The molecule has 0 radical (unpaired) electrons. The minimum atomic E-state index is -0.997. The van der Waals surface area contributed by atoms with E-state index in [0.717, 1.165) is 11.8 Å². The number of benzene rings is 1. The second-order valence-corrected chi connectivity index (χ2v) is 5.30. The van der Waals surface area contributed by atoms with E-state index in [9.17, 15) is 9.59 Å². The molecule has 1 aromatic heterocycles. The first-order valence-electron chi connectivity index (χ1n) is 5.79. The quantitative estimate of drug-likeness (QED) is 0.669. The summed E-state index contributed by atoms with van der Waals surface area (Å²) < 4.78 is 6.82. The van der Waals surface area contributed by atoms with Gasteiger partial charge in [-0.25, -0.2) is 0 Å². The first-order chi connectivity index (χ1) is 10.0. The maximum absolute atomic E-state index is 11.4. The number of nitrogens with zero attached hydrogens (tertiary/aromatic N) is 2. The van der Waals surface area contributed by atoms with Gasteiger partial charge in [-0.3, -0.25) is 14.2 Å². The summed E-state index contributed by atoms with van der Waals surface area (Å²) in [5, 5.41) is 9.51. The number of aromatic nitrogens is 2. The molecule has 110 valence electrons. The van der Waals surface area contributed by atoms with Gasteiger partial charge < -0.3 is 9.84 Å². The molecule has 0 aliphatic carbocycles. The Kier molecular flexibility index (Phi) is 4.87. The van der Waals surface area contributed by atoms with Gasteiger partial charge in [0.25, 0.3) is 5.56 Å². The molecule has 0 fully saturated rings. The predicted octanol–water partition coefficient (Wildman–Crippen LogP) is 2.07. The van der Waals surface area contributed by atoms with Crippen LogP contribution < -0.4 is 10.3 Å². The summed E-state index contributed by atoms with van der Waals surface area (Å²) in [6.45, 7) is 0. The molecule has 2 rings (SSSR count). The van der Waals surface area contributed by atoms with Crippen LogP contribution in [0.5, 0.6) is 5.75 Å². The van der Waals surface area contributed by atoms with Crippen molar-refractivity contribution in [1.82, 2.24) is 9.55 Å². The summed E-state index contributed by atoms with van der Waals surface area (Å²) in [5.74, 6) is -0.677. The van der Waals surface area contributed by atoms with Crippen molar-refractivity contribution in [3.05, 3.63) is 45.8 Å². The van der Waals surface area contributed by atoms with Gasteiger partial charge in [0.2, 0.25) is 0 Å².